The number of hydrogen-bond donors (Lipinski definition) is 1. The Morgan fingerprint density at radius 2 is 2.13 bits per heavy atom. The summed E-state index contributed by atoms with van der Waals surface area (Å²) in [5.74, 6) is 0. The molecule has 0 fully saturated rings. The smallest absolute Gasteiger partial charge is 0.374 e. The number of nitrogens with zero attached hydrogens (tertiary/aromatic N) is 2. The van der Waals surface area contributed by atoms with Gasteiger partial charge in [0.1, 0.15) is 0 Å². The number of aromatic nitrogens is 2. The summed E-state index contributed by atoms with van der Waals surface area (Å²) >= 11 is 0. The number of ether oxygens (including phenoxy) is 1. The molecule has 5 nitrogen and oxygen atoms in total. The van der Waals surface area contributed by atoms with E-state index >= 15 is 0 Å². The average molecular weight is 209 g/mol. The summed E-state index contributed by atoms with van der Waals surface area (Å²) in [4.78, 5) is 18.7. The second-order valence-electron chi connectivity index (χ2n) is 3.05. The lowest BCUT2D eigenvalue weighted by molar-refractivity contribution is 0.196. The van der Waals surface area contributed by atoms with Gasteiger partial charge in [-0.05, 0) is 12.5 Å². The van der Waals surface area contributed by atoms with Gasteiger partial charge in [0.05, 0.1) is 0 Å². The molecule has 0 unspecified atom stereocenters. The van der Waals surface area contributed by atoms with Crippen LogP contribution in [0.1, 0.15) is 26.2 Å². The van der Waals surface area contributed by atoms with Crippen molar-refractivity contribution in [2.75, 3.05) is 6.54 Å². The molecule has 0 bridgehead atoms. The minimum absolute atomic E-state index is 0.0745. The van der Waals surface area contributed by atoms with E-state index in [1.807, 2.05) is 0 Å². The van der Waals surface area contributed by atoms with E-state index in [1.54, 1.807) is 6.07 Å². The molecule has 0 aromatic carbocycles. The molecule has 0 aliphatic carbocycles. The van der Waals surface area contributed by atoms with Crippen LogP contribution in [0.25, 0.3) is 0 Å². The van der Waals surface area contributed by atoms with Crippen LogP contribution in [0, 0.1) is 0 Å². The summed E-state index contributed by atoms with van der Waals surface area (Å²) in [6.45, 7) is 2.73. The fourth-order valence-electron chi connectivity index (χ4n) is 1.02. The average Bonchev–Trinajstić information content (AvgIpc) is 2.26. The molecule has 0 radical (unpaired) electrons. The zero-order valence-electron chi connectivity index (χ0n) is 8.77. The molecule has 0 spiro atoms. The molecule has 0 aliphatic heterocycles. The van der Waals surface area contributed by atoms with Crippen molar-refractivity contribution >= 4 is 6.09 Å². The Labute approximate surface area is 88.9 Å². The molecule has 0 saturated carbocycles. The van der Waals surface area contributed by atoms with E-state index in [4.69, 9.17) is 4.74 Å². The second kappa shape index (κ2) is 6.75. The summed E-state index contributed by atoms with van der Waals surface area (Å²) in [5.41, 5.74) is 0. The molecule has 82 valence electrons. The predicted molar refractivity (Wildman–Crippen MR) is 55.6 cm³/mol. The molecule has 0 aliphatic rings. The highest BCUT2D eigenvalue weighted by molar-refractivity contribution is 5.69. The number of hydrogen-bond acceptors (Lipinski definition) is 4. The summed E-state index contributed by atoms with van der Waals surface area (Å²) in [5, 5.41) is 2.62. The Morgan fingerprint density at radius 1 is 1.40 bits per heavy atom. The van der Waals surface area contributed by atoms with Crippen molar-refractivity contribution in [2.45, 2.75) is 26.2 Å². The van der Waals surface area contributed by atoms with Gasteiger partial charge in [-0.3, -0.25) is 0 Å². The molecule has 1 aromatic rings. The Hall–Kier alpha value is -1.65. The summed E-state index contributed by atoms with van der Waals surface area (Å²) in [6, 6.07) is 1.73. The van der Waals surface area contributed by atoms with Gasteiger partial charge in [-0.15, -0.1) is 0 Å². The van der Waals surface area contributed by atoms with Crippen molar-refractivity contribution < 1.29 is 9.53 Å². The quantitative estimate of drug-likeness (QED) is 0.750. The molecule has 15 heavy (non-hydrogen) atoms. The standard InChI is InChI=1S/C10H15N3O2/c1-2-3-4-6-13-10(14)15-9-11-7-5-8-12-9/h5,7-8H,2-4,6H2,1H3,(H,13,14). The van der Waals surface area contributed by atoms with Crippen molar-refractivity contribution in [1.82, 2.24) is 15.3 Å². The van der Waals surface area contributed by atoms with Crippen LogP contribution in [-0.2, 0) is 0 Å². The van der Waals surface area contributed by atoms with E-state index in [9.17, 15) is 4.79 Å². The first-order chi connectivity index (χ1) is 7.33. The maximum absolute atomic E-state index is 11.2. The third-order valence-electron chi connectivity index (χ3n) is 1.78. The van der Waals surface area contributed by atoms with Gasteiger partial charge in [-0.2, -0.15) is 0 Å². The van der Waals surface area contributed by atoms with Crippen LogP contribution in [0.2, 0.25) is 0 Å². The SMILES string of the molecule is CCCCCNC(=O)Oc1ncccn1. The molecule has 0 saturated heterocycles. The number of nitrogens with one attached hydrogen (secondary N) is 1. The maximum atomic E-state index is 11.2. The van der Waals surface area contributed by atoms with Gasteiger partial charge in [0, 0.05) is 18.9 Å². The monoisotopic (exact) mass is 209 g/mol. The highest BCUT2D eigenvalue weighted by Crippen LogP contribution is 1.97. The first-order valence-corrected chi connectivity index (χ1v) is 5.05. The van der Waals surface area contributed by atoms with E-state index in [-0.39, 0.29) is 6.01 Å². The van der Waals surface area contributed by atoms with Crippen molar-refractivity contribution in [3.05, 3.63) is 18.5 Å². The van der Waals surface area contributed by atoms with Crippen LogP contribution >= 0.6 is 0 Å². The van der Waals surface area contributed by atoms with Crippen molar-refractivity contribution in [1.29, 1.82) is 0 Å². The summed E-state index contributed by atoms with van der Waals surface area (Å²) in [6.07, 6.45) is 5.72. The van der Waals surface area contributed by atoms with Crippen LogP contribution in [0.4, 0.5) is 4.79 Å². The van der Waals surface area contributed by atoms with Crippen LogP contribution < -0.4 is 10.1 Å². The molecule has 5 heteroatoms. The predicted octanol–water partition coefficient (Wildman–Crippen LogP) is 1.76. The van der Waals surface area contributed by atoms with Gasteiger partial charge in [-0.1, -0.05) is 19.8 Å². The van der Waals surface area contributed by atoms with E-state index < -0.39 is 6.09 Å². The number of unbranched alkanes of at least 4 members (excludes halogenated alkanes) is 2. The third kappa shape index (κ3) is 4.95. The lowest BCUT2D eigenvalue weighted by atomic mass is 10.2. The largest absolute Gasteiger partial charge is 0.415 e. The molecule has 1 aromatic heterocycles. The van der Waals surface area contributed by atoms with Crippen LogP contribution in [0.5, 0.6) is 6.01 Å². The first kappa shape index (κ1) is 11.4. The van der Waals surface area contributed by atoms with E-state index in [0.717, 1.165) is 19.3 Å². The molecular weight excluding hydrogens is 194 g/mol. The van der Waals surface area contributed by atoms with Gasteiger partial charge in [-0.25, -0.2) is 14.8 Å². The van der Waals surface area contributed by atoms with E-state index in [1.165, 1.54) is 12.4 Å². The molecule has 1 N–H and O–H groups in total. The third-order valence-corrected chi connectivity index (χ3v) is 1.78. The van der Waals surface area contributed by atoms with Gasteiger partial charge in [0.15, 0.2) is 0 Å². The molecule has 1 rings (SSSR count). The number of amides is 1. The summed E-state index contributed by atoms with van der Waals surface area (Å²) in [7, 11) is 0. The van der Waals surface area contributed by atoms with Gasteiger partial charge in [0.25, 0.3) is 0 Å². The summed E-state index contributed by atoms with van der Waals surface area (Å²) < 4.78 is 4.82. The minimum atomic E-state index is -0.502. The minimum Gasteiger partial charge on any atom is -0.374 e. The van der Waals surface area contributed by atoms with Gasteiger partial charge < -0.3 is 10.1 Å². The van der Waals surface area contributed by atoms with E-state index in [0.29, 0.717) is 6.54 Å². The van der Waals surface area contributed by atoms with Crippen LogP contribution in [0.3, 0.4) is 0 Å². The topological polar surface area (TPSA) is 64.1 Å². The lowest BCUT2D eigenvalue weighted by Gasteiger charge is -2.03. The fourth-order valence-corrected chi connectivity index (χ4v) is 1.02. The Bertz CT molecular complexity index is 290. The molecular formula is C10H15N3O2. The molecule has 1 amide bonds. The number of rotatable bonds is 5. The Balaban J connectivity index is 2.19. The first-order valence-electron chi connectivity index (χ1n) is 5.05. The Kier molecular flexibility index (Phi) is 5.14. The Morgan fingerprint density at radius 3 is 2.80 bits per heavy atom. The lowest BCUT2D eigenvalue weighted by Crippen LogP contribution is -2.28. The normalized spacial score (nSPS) is 9.67. The fraction of sp³-hybridized carbons (Fsp3) is 0.500. The highest BCUT2D eigenvalue weighted by atomic mass is 16.6. The van der Waals surface area contributed by atoms with Crippen LogP contribution in [0.15, 0.2) is 18.5 Å². The van der Waals surface area contributed by atoms with Gasteiger partial charge >= 0.3 is 12.1 Å². The highest BCUT2D eigenvalue weighted by Gasteiger charge is 2.03. The van der Waals surface area contributed by atoms with Crippen molar-refractivity contribution in [3.63, 3.8) is 0 Å². The zero-order valence-corrected chi connectivity index (χ0v) is 8.77. The van der Waals surface area contributed by atoms with E-state index in [2.05, 4.69) is 22.2 Å². The van der Waals surface area contributed by atoms with Crippen molar-refractivity contribution in [3.8, 4) is 6.01 Å². The zero-order chi connectivity index (χ0) is 10.9. The maximum Gasteiger partial charge on any atom is 0.415 e. The van der Waals surface area contributed by atoms with Crippen molar-refractivity contribution in [2.24, 2.45) is 0 Å². The second-order valence-corrected chi connectivity index (χ2v) is 3.05. The molecule has 0 atom stereocenters. The number of carbonyl (C=O) groups is 1. The molecule has 1 heterocycles. The number of carbonyl (C=O) groups excluding carboxylic acids is 1. The van der Waals surface area contributed by atoms with Gasteiger partial charge in [0.2, 0.25) is 0 Å². The van der Waals surface area contributed by atoms with Crippen LogP contribution in [-0.4, -0.2) is 22.6 Å².